The van der Waals surface area contributed by atoms with Gasteiger partial charge in [0.1, 0.15) is 5.75 Å². The molecule has 1 N–H and O–H groups in total. The molecule has 0 aliphatic heterocycles. The maximum Gasteiger partial charge on any atom is 0.207 e. The van der Waals surface area contributed by atoms with Crippen LogP contribution in [0, 0.1) is 0 Å². The fourth-order valence-electron chi connectivity index (χ4n) is 1.87. The van der Waals surface area contributed by atoms with Crippen LogP contribution in [0.4, 0.5) is 11.6 Å². The van der Waals surface area contributed by atoms with E-state index in [4.69, 9.17) is 4.74 Å². The van der Waals surface area contributed by atoms with Gasteiger partial charge in [-0.25, -0.2) is 4.98 Å². The van der Waals surface area contributed by atoms with Crippen LogP contribution < -0.4 is 10.1 Å². The molecular weight excluding hydrogens is 238 g/mol. The van der Waals surface area contributed by atoms with Crippen LogP contribution in [-0.4, -0.2) is 15.7 Å². The lowest BCUT2D eigenvalue weighted by atomic mass is 10.3. The number of nitrogens with zero attached hydrogens (tertiary/aromatic N) is 2. The highest BCUT2D eigenvalue weighted by atomic mass is 16.5. The van der Waals surface area contributed by atoms with Crippen molar-refractivity contribution in [3.8, 4) is 5.75 Å². The Morgan fingerprint density at radius 2 is 2.00 bits per heavy atom. The summed E-state index contributed by atoms with van der Waals surface area (Å²) < 4.78 is 7.73. The SMILES string of the molecule is CCCn1ccnc1Nc1ccc(OC(C)C)cc1. The Kier molecular flexibility index (Phi) is 4.44. The zero-order valence-electron chi connectivity index (χ0n) is 11.8. The summed E-state index contributed by atoms with van der Waals surface area (Å²) in [6.07, 6.45) is 5.09. The lowest BCUT2D eigenvalue weighted by Gasteiger charge is -2.11. The molecule has 0 aliphatic carbocycles. The molecule has 0 unspecified atom stereocenters. The maximum atomic E-state index is 5.62. The normalized spacial score (nSPS) is 10.7. The fraction of sp³-hybridized carbons (Fsp3) is 0.400. The summed E-state index contributed by atoms with van der Waals surface area (Å²) in [6, 6.07) is 7.94. The number of benzene rings is 1. The Morgan fingerprint density at radius 1 is 1.26 bits per heavy atom. The van der Waals surface area contributed by atoms with Crippen molar-refractivity contribution in [2.24, 2.45) is 0 Å². The Morgan fingerprint density at radius 3 is 2.63 bits per heavy atom. The second kappa shape index (κ2) is 6.27. The van der Waals surface area contributed by atoms with Crippen LogP contribution in [0.2, 0.25) is 0 Å². The van der Waals surface area contributed by atoms with Gasteiger partial charge in [0.05, 0.1) is 6.10 Å². The molecule has 4 nitrogen and oxygen atoms in total. The minimum Gasteiger partial charge on any atom is -0.491 e. The van der Waals surface area contributed by atoms with Crippen molar-refractivity contribution in [1.82, 2.24) is 9.55 Å². The molecule has 2 aromatic rings. The molecule has 0 atom stereocenters. The molecule has 0 aliphatic rings. The van der Waals surface area contributed by atoms with Crippen molar-refractivity contribution in [3.05, 3.63) is 36.7 Å². The van der Waals surface area contributed by atoms with E-state index in [0.29, 0.717) is 0 Å². The quantitative estimate of drug-likeness (QED) is 0.857. The first kappa shape index (κ1) is 13.5. The van der Waals surface area contributed by atoms with E-state index in [9.17, 15) is 0 Å². The van der Waals surface area contributed by atoms with Gasteiger partial charge < -0.3 is 14.6 Å². The monoisotopic (exact) mass is 259 g/mol. The van der Waals surface area contributed by atoms with E-state index in [1.165, 1.54) is 0 Å². The van der Waals surface area contributed by atoms with E-state index in [-0.39, 0.29) is 6.10 Å². The minimum atomic E-state index is 0.197. The smallest absolute Gasteiger partial charge is 0.207 e. The lowest BCUT2D eigenvalue weighted by molar-refractivity contribution is 0.242. The summed E-state index contributed by atoms with van der Waals surface area (Å²) in [4.78, 5) is 4.32. The molecule has 0 spiro atoms. The van der Waals surface area contributed by atoms with Gasteiger partial charge in [-0.2, -0.15) is 0 Å². The van der Waals surface area contributed by atoms with Crippen LogP contribution >= 0.6 is 0 Å². The molecule has 0 amide bonds. The topological polar surface area (TPSA) is 39.1 Å². The molecule has 1 aromatic carbocycles. The van der Waals surface area contributed by atoms with Crippen molar-refractivity contribution in [2.45, 2.75) is 39.8 Å². The minimum absolute atomic E-state index is 0.197. The van der Waals surface area contributed by atoms with Gasteiger partial charge >= 0.3 is 0 Å². The van der Waals surface area contributed by atoms with E-state index in [1.54, 1.807) is 0 Å². The van der Waals surface area contributed by atoms with Crippen LogP contribution in [0.5, 0.6) is 5.75 Å². The van der Waals surface area contributed by atoms with Gasteiger partial charge in [0.25, 0.3) is 0 Å². The molecule has 0 bridgehead atoms. The number of imidazole rings is 1. The van der Waals surface area contributed by atoms with E-state index < -0.39 is 0 Å². The third-order valence-electron chi connectivity index (χ3n) is 2.66. The van der Waals surface area contributed by atoms with Crippen molar-refractivity contribution in [2.75, 3.05) is 5.32 Å². The zero-order valence-corrected chi connectivity index (χ0v) is 11.8. The maximum absolute atomic E-state index is 5.62. The molecule has 0 saturated heterocycles. The Hall–Kier alpha value is -1.97. The number of aryl methyl sites for hydroxylation is 1. The highest BCUT2D eigenvalue weighted by Crippen LogP contribution is 2.20. The summed E-state index contributed by atoms with van der Waals surface area (Å²) in [6.45, 7) is 7.17. The first-order valence-electron chi connectivity index (χ1n) is 6.74. The molecule has 2 rings (SSSR count). The lowest BCUT2D eigenvalue weighted by Crippen LogP contribution is -2.05. The van der Waals surface area contributed by atoms with Crippen molar-refractivity contribution < 1.29 is 4.74 Å². The van der Waals surface area contributed by atoms with Gasteiger partial charge in [-0.05, 0) is 44.5 Å². The Labute approximate surface area is 114 Å². The predicted octanol–water partition coefficient (Wildman–Crippen LogP) is 3.82. The second-order valence-corrected chi connectivity index (χ2v) is 4.76. The second-order valence-electron chi connectivity index (χ2n) is 4.76. The molecule has 102 valence electrons. The highest BCUT2D eigenvalue weighted by Gasteiger charge is 2.03. The average Bonchev–Trinajstić information content (AvgIpc) is 2.79. The number of anilines is 2. The Bertz CT molecular complexity index is 502. The summed E-state index contributed by atoms with van der Waals surface area (Å²) >= 11 is 0. The first-order chi connectivity index (χ1) is 9.19. The predicted molar refractivity (Wildman–Crippen MR) is 78.0 cm³/mol. The zero-order chi connectivity index (χ0) is 13.7. The van der Waals surface area contributed by atoms with E-state index in [2.05, 4.69) is 21.8 Å². The van der Waals surface area contributed by atoms with Crippen LogP contribution in [-0.2, 0) is 6.54 Å². The number of hydrogen-bond donors (Lipinski definition) is 1. The van der Waals surface area contributed by atoms with Crippen molar-refractivity contribution in [1.29, 1.82) is 0 Å². The number of aromatic nitrogens is 2. The van der Waals surface area contributed by atoms with Gasteiger partial charge in [0.2, 0.25) is 5.95 Å². The third-order valence-corrected chi connectivity index (χ3v) is 2.66. The summed E-state index contributed by atoms with van der Waals surface area (Å²) in [5.74, 6) is 1.76. The fourth-order valence-corrected chi connectivity index (χ4v) is 1.87. The van der Waals surface area contributed by atoms with Crippen molar-refractivity contribution >= 4 is 11.6 Å². The van der Waals surface area contributed by atoms with Crippen LogP contribution in [0.3, 0.4) is 0 Å². The standard InChI is InChI=1S/C15H21N3O/c1-4-10-18-11-9-16-15(18)17-13-5-7-14(8-6-13)19-12(2)3/h5-9,11-12H,4,10H2,1-3H3,(H,16,17). The third kappa shape index (κ3) is 3.74. The number of rotatable bonds is 6. The molecule has 0 radical (unpaired) electrons. The molecule has 4 heteroatoms. The molecule has 0 fully saturated rings. The number of nitrogens with one attached hydrogen (secondary N) is 1. The molecule has 19 heavy (non-hydrogen) atoms. The summed E-state index contributed by atoms with van der Waals surface area (Å²) in [5, 5.41) is 3.31. The summed E-state index contributed by atoms with van der Waals surface area (Å²) in [7, 11) is 0. The number of hydrogen-bond acceptors (Lipinski definition) is 3. The van der Waals surface area contributed by atoms with Gasteiger partial charge in [-0.15, -0.1) is 0 Å². The Balaban J connectivity index is 2.04. The largest absolute Gasteiger partial charge is 0.491 e. The van der Waals surface area contributed by atoms with E-state index in [0.717, 1.165) is 30.4 Å². The van der Waals surface area contributed by atoms with Gasteiger partial charge in [0.15, 0.2) is 0 Å². The average molecular weight is 259 g/mol. The molecule has 0 saturated carbocycles. The van der Waals surface area contributed by atoms with E-state index in [1.807, 2.05) is 50.5 Å². The summed E-state index contributed by atoms with van der Waals surface area (Å²) in [5.41, 5.74) is 1.01. The van der Waals surface area contributed by atoms with Gasteiger partial charge in [-0.3, -0.25) is 0 Å². The molecule has 1 heterocycles. The van der Waals surface area contributed by atoms with Crippen LogP contribution in [0.1, 0.15) is 27.2 Å². The van der Waals surface area contributed by atoms with E-state index >= 15 is 0 Å². The van der Waals surface area contributed by atoms with Gasteiger partial charge in [-0.1, -0.05) is 6.92 Å². The first-order valence-corrected chi connectivity index (χ1v) is 6.74. The highest BCUT2D eigenvalue weighted by molar-refractivity contribution is 5.54. The van der Waals surface area contributed by atoms with Crippen molar-refractivity contribution in [3.63, 3.8) is 0 Å². The van der Waals surface area contributed by atoms with Crippen LogP contribution in [0.25, 0.3) is 0 Å². The number of ether oxygens (including phenoxy) is 1. The molecule has 1 aromatic heterocycles. The van der Waals surface area contributed by atoms with Gasteiger partial charge in [0, 0.05) is 24.6 Å². The molecular formula is C15H21N3O. The van der Waals surface area contributed by atoms with Crippen LogP contribution in [0.15, 0.2) is 36.7 Å².